The largest absolute Gasteiger partial charge is 0.514 e. The molecule has 0 aliphatic carbocycles. The first-order valence-corrected chi connectivity index (χ1v) is 6.72. The summed E-state index contributed by atoms with van der Waals surface area (Å²) in [6.45, 7) is 14.4. The van der Waals surface area contributed by atoms with Gasteiger partial charge in [0.1, 0.15) is 5.82 Å². The SMILES string of the molecule is CC(C)(C)c1nccc(B2OC(C)(C)C(C)(C)O2)n1. The minimum absolute atomic E-state index is 0.0837. The van der Waals surface area contributed by atoms with Crippen LogP contribution in [0.5, 0.6) is 0 Å². The summed E-state index contributed by atoms with van der Waals surface area (Å²) in [7, 11) is -0.422. The molecule has 0 aromatic carbocycles. The molecular formula is C14H23BN2O2. The summed E-state index contributed by atoms with van der Waals surface area (Å²) in [5.41, 5.74) is 0.0212. The van der Waals surface area contributed by atoms with Crippen LogP contribution in [0.1, 0.15) is 54.3 Å². The summed E-state index contributed by atoms with van der Waals surface area (Å²) in [5.74, 6) is 0.805. The molecule has 0 saturated carbocycles. The first kappa shape index (κ1) is 14.5. The summed E-state index contributed by atoms with van der Waals surface area (Å²) in [4.78, 5) is 8.93. The summed E-state index contributed by atoms with van der Waals surface area (Å²) in [5, 5.41) is 0. The monoisotopic (exact) mass is 262 g/mol. The molecule has 4 nitrogen and oxygen atoms in total. The van der Waals surface area contributed by atoms with Crippen molar-refractivity contribution in [3.05, 3.63) is 18.1 Å². The van der Waals surface area contributed by atoms with Gasteiger partial charge in [-0.2, -0.15) is 0 Å². The third kappa shape index (κ3) is 2.67. The zero-order chi connectivity index (χ0) is 14.5. The highest BCUT2D eigenvalue weighted by Crippen LogP contribution is 2.36. The van der Waals surface area contributed by atoms with E-state index >= 15 is 0 Å². The standard InChI is InChI=1S/C14H23BN2O2/c1-12(2,3)11-16-9-8-10(17-11)15-18-13(4,5)14(6,7)19-15/h8-9H,1-7H3. The molecule has 104 valence electrons. The van der Waals surface area contributed by atoms with Crippen LogP contribution in [0, 0.1) is 0 Å². The van der Waals surface area contributed by atoms with Gasteiger partial charge in [-0.15, -0.1) is 0 Å². The average Bonchev–Trinajstić information content (AvgIpc) is 2.47. The van der Waals surface area contributed by atoms with Gasteiger partial charge in [-0.05, 0) is 33.8 Å². The lowest BCUT2D eigenvalue weighted by Crippen LogP contribution is -2.41. The maximum atomic E-state index is 6.01. The van der Waals surface area contributed by atoms with Crippen molar-refractivity contribution < 1.29 is 9.31 Å². The third-order valence-corrected chi connectivity index (χ3v) is 3.84. The lowest BCUT2D eigenvalue weighted by atomic mass is 9.84. The Labute approximate surface area is 116 Å². The molecule has 2 rings (SSSR count). The van der Waals surface area contributed by atoms with E-state index in [0.717, 1.165) is 11.4 Å². The minimum Gasteiger partial charge on any atom is -0.398 e. The topological polar surface area (TPSA) is 44.2 Å². The van der Waals surface area contributed by atoms with E-state index in [1.54, 1.807) is 6.20 Å². The second-order valence-corrected chi connectivity index (χ2v) is 7.14. The predicted molar refractivity (Wildman–Crippen MR) is 76.4 cm³/mol. The third-order valence-electron chi connectivity index (χ3n) is 3.84. The molecule has 0 N–H and O–H groups in total. The van der Waals surface area contributed by atoms with Gasteiger partial charge in [-0.25, -0.2) is 9.97 Å². The smallest absolute Gasteiger partial charge is 0.398 e. The van der Waals surface area contributed by atoms with Gasteiger partial charge in [0.05, 0.1) is 16.8 Å². The van der Waals surface area contributed by atoms with Crippen molar-refractivity contribution in [2.45, 2.75) is 65.1 Å². The van der Waals surface area contributed by atoms with E-state index in [-0.39, 0.29) is 16.6 Å². The molecule has 0 unspecified atom stereocenters. The fraction of sp³-hybridized carbons (Fsp3) is 0.714. The van der Waals surface area contributed by atoms with Crippen molar-refractivity contribution in [3.63, 3.8) is 0 Å². The summed E-state index contributed by atoms with van der Waals surface area (Å²) >= 11 is 0. The van der Waals surface area contributed by atoms with E-state index in [2.05, 4.69) is 30.7 Å². The maximum absolute atomic E-state index is 6.01. The van der Waals surface area contributed by atoms with Gasteiger partial charge in [0.25, 0.3) is 0 Å². The Balaban J connectivity index is 2.30. The van der Waals surface area contributed by atoms with E-state index in [0.29, 0.717) is 0 Å². The fourth-order valence-corrected chi connectivity index (χ4v) is 1.83. The molecule has 0 amide bonds. The second-order valence-electron chi connectivity index (χ2n) is 7.14. The summed E-state index contributed by atoms with van der Waals surface area (Å²) < 4.78 is 12.0. The first-order valence-electron chi connectivity index (χ1n) is 6.72. The van der Waals surface area contributed by atoms with Crippen LogP contribution in [0.15, 0.2) is 12.3 Å². The van der Waals surface area contributed by atoms with Crippen LogP contribution in [-0.2, 0) is 14.7 Å². The Bertz CT molecular complexity index is 465. The molecule has 1 aliphatic heterocycles. The number of aromatic nitrogens is 2. The van der Waals surface area contributed by atoms with Crippen LogP contribution in [-0.4, -0.2) is 28.3 Å². The molecule has 5 heteroatoms. The van der Waals surface area contributed by atoms with E-state index in [1.807, 2.05) is 33.8 Å². The van der Waals surface area contributed by atoms with Gasteiger partial charge in [0.2, 0.25) is 0 Å². The van der Waals surface area contributed by atoms with Gasteiger partial charge < -0.3 is 9.31 Å². The van der Waals surface area contributed by atoms with E-state index in [9.17, 15) is 0 Å². The number of hydrogen-bond donors (Lipinski definition) is 0. The number of rotatable bonds is 1. The maximum Gasteiger partial charge on any atom is 0.514 e. The Morgan fingerprint density at radius 2 is 1.58 bits per heavy atom. The molecule has 0 bridgehead atoms. The summed E-state index contributed by atoms with van der Waals surface area (Å²) in [6, 6.07) is 1.86. The van der Waals surface area contributed by atoms with Crippen molar-refractivity contribution in [2.24, 2.45) is 0 Å². The van der Waals surface area contributed by atoms with Crippen molar-refractivity contribution >= 4 is 12.7 Å². The quantitative estimate of drug-likeness (QED) is 0.727. The number of hydrogen-bond acceptors (Lipinski definition) is 4. The molecule has 1 aliphatic rings. The van der Waals surface area contributed by atoms with Gasteiger partial charge in [0.15, 0.2) is 0 Å². The Morgan fingerprint density at radius 1 is 1.05 bits per heavy atom. The highest BCUT2D eigenvalue weighted by Gasteiger charge is 2.52. The molecule has 2 heterocycles. The van der Waals surface area contributed by atoms with Crippen molar-refractivity contribution in [1.82, 2.24) is 9.97 Å². The zero-order valence-corrected chi connectivity index (χ0v) is 12.9. The molecule has 1 aromatic heterocycles. The van der Waals surface area contributed by atoms with Gasteiger partial charge >= 0.3 is 7.12 Å². The van der Waals surface area contributed by atoms with Crippen LogP contribution >= 0.6 is 0 Å². The van der Waals surface area contributed by atoms with Crippen LogP contribution < -0.4 is 5.59 Å². The molecule has 19 heavy (non-hydrogen) atoms. The second kappa shape index (κ2) is 4.28. The zero-order valence-electron chi connectivity index (χ0n) is 12.9. The minimum atomic E-state index is -0.422. The van der Waals surface area contributed by atoms with Gasteiger partial charge in [-0.1, -0.05) is 20.8 Å². The van der Waals surface area contributed by atoms with E-state index in [1.165, 1.54) is 0 Å². The molecule has 1 aromatic rings. The highest BCUT2D eigenvalue weighted by atomic mass is 16.7. The summed E-state index contributed by atoms with van der Waals surface area (Å²) in [6.07, 6.45) is 1.77. The molecule has 0 spiro atoms. The molecule has 0 atom stereocenters. The van der Waals surface area contributed by atoms with Crippen molar-refractivity contribution in [3.8, 4) is 0 Å². The Morgan fingerprint density at radius 3 is 2.05 bits per heavy atom. The predicted octanol–water partition coefficient (Wildman–Crippen LogP) is 2.07. The van der Waals surface area contributed by atoms with Crippen molar-refractivity contribution in [1.29, 1.82) is 0 Å². The molecule has 1 fully saturated rings. The van der Waals surface area contributed by atoms with Crippen LogP contribution in [0.4, 0.5) is 0 Å². The average molecular weight is 262 g/mol. The Kier molecular flexibility index (Phi) is 3.26. The van der Waals surface area contributed by atoms with Crippen molar-refractivity contribution in [2.75, 3.05) is 0 Å². The van der Waals surface area contributed by atoms with Gasteiger partial charge in [-0.3, -0.25) is 0 Å². The van der Waals surface area contributed by atoms with E-state index < -0.39 is 7.12 Å². The fourth-order valence-electron chi connectivity index (χ4n) is 1.83. The van der Waals surface area contributed by atoms with Crippen LogP contribution in [0.3, 0.4) is 0 Å². The molecular weight excluding hydrogens is 239 g/mol. The first-order chi connectivity index (χ1) is 8.53. The van der Waals surface area contributed by atoms with Crippen LogP contribution in [0.25, 0.3) is 0 Å². The van der Waals surface area contributed by atoms with E-state index in [4.69, 9.17) is 9.31 Å². The lowest BCUT2D eigenvalue weighted by Gasteiger charge is -2.32. The Hall–Kier alpha value is -0.935. The molecule has 1 saturated heterocycles. The highest BCUT2D eigenvalue weighted by molar-refractivity contribution is 6.61. The molecule has 0 radical (unpaired) electrons. The normalized spacial score (nSPS) is 21.7. The van der Waals surface area contributed by atoms with Crippen LogP contribution in [0.2, 0.25) is 0 Å². The van der Waals surface area contributed by atoms with Gasteiger partial charge in [0, 0.05) is 11.6 Å². The number of nitrogens with zero attached hydrogens (tertiary/aromatic N) is 2. The lowest BCUT2D eigenvalue weighted by molar-refractivity contribution is 0.00578.